The minimum Gasteiger partial charge on any atom is -0.272 e. The second kappa shape index (κ2) is 3.92. The van der Waals surface area contributed by atoms with E-state index in [9.17, 15) is 4.79 Å². The molecule has 72 valence electrons. The Morgan fingerprint density at radius 3 is 3.00 bits per heavy atom. The van der Waals surface area contributed by atoms with Crippen LogP contribution in [0.15, 0.2) is 12.2 Å². The number of hydrogen-bond donors (Lipinski definition) is 0. The van der Waals surface area contributed by atoms with Crippen molar-refractivity contribution in [2.24, 2.45) is 5.92 Å². The topological polar surface area (TPSA) is 29.5 Å². The van der Waals surface area contributed by atoms with Gasteiger partial charge in [0.2, 0.25) is 0 Å². The first-order valence-electron chi connectivity index (χ1n) is 4.99. The van der Waals surface area contributed by atoms with Gasteiger partial charge in [-0.25, -0.2) is 5.06 Å². The molecule has 0 radical (unpaired) electrons. The van der Waals surface area contributed by atoms with E-state index in [1.54, 1.807) is 0 Å². The van der Waals surface area contributed by atoms with Crippen molar-refractivity contribution in [3.63, 3.8) is 0 Å². The zero-order valence-corrected chi connectivity index (χ0v) is 7.74. The molecule has 1 fully saturated rings. The number of amides is 1. The van der Waals surface area contributed by atoms with E-state index in [0.717, 1.165) is 32.2 Å². The van der Waals surface area contributed by atoms with Crippen molar-refractivity contribution in [2.45, 2.75) is 25.7 Å². The van der Waals surface area contributed by atoms with Crippen LogP contribution in [-0.2, 0) is 9.63 Å². The van der Waals surface area contributed by atoms with Crippen LogP contribution in [0.3, 0.4) is 0 Å². The highest BCUT2D eigenvalue weighted by Gasteiger charge is 2.26. The van der Waals surface area contributed by atoms with E-state index in [1.165, 1.54) is 5.06 Å². The Hall–Kier alpha value is -0.830. The van der Waals surface area contributed by atoms with E-state index in [4.69, 9.17) is 4.84 Å². The molecule has 3 nitrogen and oxygen atoms in total. The molecule has 0 bridgehead atoms. The van der Waals surface area contributed by atoms with Crippen molar-refractivity contribution < 1.29 is 9.63 Å². The Bertz CT molecular complexity index is 219. The summed E-state index contributed by atoms with van der Waals surface area (Å²) in [5, 5.41) is 1.53. The normalized spacial score (nSPS) is 28.0. The first kappa shape index (κ1) is 8.75. The fraction of sp³-hybridized carbons (Fsp3) is 0.700. The van der Waals surface area contributed by atoms with Gasteiger partial charge in [0.1, 0.15) is 0 Å². The molecule has 0 aromatic heterocycles. The molecule has 2 rings (SSSR count). The molecule has 1 saturated heterocycles. The minimum absolute atomic E-state index is 0.0758. The molecule has 0 spiro atoms. The fourth-order valence-corrected chi connectivity index (χ4v) is 1.82. The average molecular weight is 181 g/mol. The number of allylic oxidation sites excluding steroid dienone is 1. The fourth-order valence-electron chi connectivity index (χ4n) is 1.82. The van der Waals surface area contributed by atoms with Crippen molar-refractivity contribution in [3.8, 4) is 0 Å². The third-order valence-electron chi connectivity index (χ3n) is 2.57. The molecule has 3 heteroatoms. The minimum atomic E-state index is 0.0758. The van der Waals surface area contributed by atoms with Crippen LogP contribution >= 0.6 is 0 Å². The highest BCUT2D eigenvalue weighted by Crippen LogP contribution is 2.20. The Kier molecular flexibility index (Phi) is 2.64. The molecule has 0 saturated carbocycles. The van der Waals surface area contributed by atoms with Crippen LogP contribution in [0.2, 0.25) is 0 Å². The van der Waals surface area contributed by atoms with Crippen molar-refractivity contribution >= 4 is 5.91 Å². The highest BCUT2D eigenvalue weighted by atomic mass is 16.7. The third-order valence-corrected chi connectivity index (χ3v) is 2.57. The number of rotatable bonds is 1. The number of hydrogen-bond acceptors (Lipinski definition) is 2. The molecule has 1 unspecified atom stereocenters. The SMILES string of the molecule is O=C(C1C=CCCC1)N1CCCO1. The molecule has 13 heavy (non-hydrogen) atoms. The lowest BCUT2D eigenvalue weighted by Gasteiger charge is -2.21. The smallest absolute Gasteiger partial charge is 0.253 e. The summed E-state index contributed by atoms with van der Waals surface area (Å²) in [4.78, 5) is 17.0. The molecular weight excluding hydrogens is 166 g/mol. The van der Waals surface area contributed by atoms with Gasteiger partial charge in [0.05, 0.1) is 19.1 Å². The van der Waals surface area contributed by atoms with Crippen LogP contribution in [-0.4, -0.2) is 24.1 Å². The van der Waals surface area contributed by atoms with Crippen LogP contribution in [0.5, 0.6) is 0 Å². The summed E-state index contributed by atoms with van der Waals surface area (Å²) >= 11 is 0. The third kappa shape index (κ3) is 1.91. The molecule has 0 N–H and O–H groups in total. The predicted molar refractivity (Wildman–Crippen MR) is 48.8 cm³/mol. The van der Waals surface area contributed by atoms with Gasteiger partial charge in [-0.15, -0.1) is 0 Å². The Morgan fingerprint density at radius 1 is 1.46 bits per heavy atom. The highest BCUT2D eigenvalue weighted by molar-refractivity contribution is 5.79. The first-order valence-corrected chi connectivity index (χ1v) is 4.99. The Labute approximate surface area is 78.3 Å². The Morgan fingerprint density at radius 2 is 2.38 bits per heavy atom. The van der Waals surface area contributed by atoms with Gasteiger partial charge in [-0.05, 0) is 25.7 Å². The number of nitrogens with zero attached hydrogens (tertiary/aromatic N) is 1. The lowest BCUT2D eigenvalue weighted by atomic mass is 9.95. The van der Waals surface area contributed by atoms with E-state index in [0.29, 0.717) is 6.61 Å². The van der Waals surface area contributed by atoms with Crippen molar-refractivity contribution in [3.05, 3.63) is 12.2 Å². The van der Waals surface area contributed by atoms with Crippen LogP contribution in [0.4, 0.5) is 0 Å². The summed E-state index contributed by atoms with van der Waals surface area (Å²) in [5.41, 5.74) is 0. The summed E-state index contributed by atoms with van der Waals surface area (Å²) in [6.45, 7) is 1.46. The second-order valence-electron chi connectivity index (χ2n) is 3.59. The summed E-state index contributed by atoms with van der Waals surface area (Å²) in [7, 11) is 0. The van der Waals surface area contributed by atoms with Crippen LogP contribution in [0.1, 0.15) is 25.7 Å². The average Bonchev–Trinajstić information content (AvgIpc) is 2.71. The molecule has 0 aromatic rings. The van der Waals surface area contributed by atoms with Gasteiger partial charge >= 0.3 is 0 Å². The van der Waals surface area contributed by atoms with E-state index in [-0.39, 0.29) is 11.8 Å². The lowest BCUT2D eigenvalue weighted by molar-refractivity contribution is -0.172. The largest absolute Gasteiger partial charge is 0.272 e. The van der Waals surface area contributed by atoms with E-state index in [2.05, 4.69) is 6.08 Å². The lowest BCUT2D eigenvalue weighted by Crippen LogP contribution is -2.32. The predicted octanol–water partition coefficient (Wildman–Crippen LogP) is 1.51. The molecule has 1 atom stereocenters. The van der Waals surface area contributed by atoms with E-state index in [1.807, 2.05) is 6.08 Å². The zero-order valence-electron chi connectivity index (χ0n) is 7.74. The summed E-state index contributed by atoms with van der Waals surface area (Å²) in [6, 6.07) is 0. The molecular formula is C10H15NO2. The zero-order chi connectivity index (χ0) is 9.10. The molecule has 0 aromatic carbocycles. The number of carbonyl (C=O) groups is 1. The van der Waals surface area contributed by atoms with Gasteiger partial charge in [-0.2, -0.15) is 0 Å². The summed E-state index contributed by atoms with van der Waals surface area (Å²) < 4.78 is 0. The van der Waals surface area contributed by atoms with E-state index >= 15 is 0 Å². The molecule has 1 heterocycles. The monoisotopic (exact) mass is 181 g/mol. The van der Waals surface area contributed by atoms with E-state index < -0.39 is 0 Å². The second-order valence-corrected chi connectivity index (χ2v) is 3.59. The molecule has 1 aliphatic carbocycles. The number of carbonyl (C=O) groups excluding carboxylic acids is 1. The molecule has 1 amide bonds. The van der Waals surface area contributed by atoms with Gasteiger partial charge < -0.3 is 0 Å². The van der Waals surface area contributed by atoms with Gasteiger partial charge in [0.25, 0.3) is 5.91 Å². The number of hydroxylamine groups is 2. The maximum absolute atomic E-state index is 11.8. The quantitative estimate of drug-likeness (QED) is 0.574. The van der Waals surface area contributed by atoms with Crippen LogP contribution in [0.25, 0.3) is 0 Å². The van der Waals surface area contributed by atoms with Crippen molar-refractivity contribution in [1.82, 2.24) is 5.06 Å². The van der Waals surface area contributed by atoms with Gasteiger partial charge in [0.15, 0.2) is 0 Å². The van der Waals surface area contributed by atoms with Gasteiger partial charge in [-0.3, -0.25) is 9.63 Å². The molecule has 1 aliphatic heterocycles. The maximum Gasteiger partial charge on any atom is 0.253 e. The van der Waals surface area contributed by atoms with Crippen molar-refractivity contribution in [2.75, 3.05) is 13.2 Å². The standard InChI is InChI=1S/C10H15NO2/c12-10(11-7-4-8-13-11)9-5-2-1-3-6-9/h2,5,9H,1,3-4,6-8H2. The van der Waals surface area contributed by atoms with Crippen molar-refractivity contribution in [1.29, 1.82) is 0 Å². The van der Waals surface area contributed by atoms with Crippen LogP contribution < -0.4 is 0 Å². The van der Waals surface area contributed by atoms with Gasteiger partial charge in [-0.1, -0.05) is 12.2 Å². The summed E-state index contributed by atoms with van der Waals surface area (Å²) in [5.74, 6) is 0.223. The molecule has 2 aliphatic rings. The van der Waals surface area contributed by atoms with Crippen LogP contribution in [0, 0.1) is 5.92 Å². The first-order chi connectivity index (χ1) is 6.38. The van der Waals surface area contributed by atoms with Gasteiger partial charge in [0, 0.05) is 0 Å². The Balaban J connectivity index is 1.94. The maximum atomic E-state index is 11.8. The summed E-state index contributed by atoms with van der Waals surface area (Å²) in [6.07, 6.45) is 8.32.